The van der Waals surface area contributed by atoms with Crippen molar-refractivity contribution in [3.05, 3.63) is 58.2 Å². The number of amides is 1. The molecular weight excluding hydrogens is 340 g/mol. The highest BCUT2D eigenvalue weighted by Crippen LogP contribution is 2.23. The molecule has 0 aliphatic carbocycles. The van der Waals surface area contributed by atoms with E-state index in [1.165, 1.54) is 11.3 Å². The van der Waals surface area contributed by atoms with Crippen molar-refractivity contribution in [1.29, 1.82) is 0 Å². The van der Waals surface area contributed by atoms with Crippen LogP contribution >= 0.6 is 22.7 Å². The lowest BCUT2D eigenvalue weighted by Gasteiger charge is -2.05. The standard InChI is InChI=1S/C18H16N2O2S2/c21-15(16-4-2-11-23-16)3-1-5-17(22)20-14-8-6-13(7-9-14)18-19-10-12-24-18/h2,4,6-12H,1,3,5H2,(H,20,22). The molecule has 122 valence electrons. The van der Waals surface area contributed by atoms with Gasteiger partial charge in [0.25, 0.3) is 0 Å². The zero-order valence-electron chi connectivity index (χ0n) is 12.9. The van der Waals surface area contributed by atoms with E-state index in [1.54, 1.807) is 17.5 Å². The Bertz CT molecular complexity index is 794. The second kappa shape index (κ2) is 7.99. The first-order valence-electron chi connectivity index (χ1n) is 7.59. The zero-order valence-corrected chi connectivity index (χ0v) is 14.5. The molecule has 0 saturated heterocycles. The van der Waals surface area contributed by atoms with Crippen LogP contribution in [0.1, 0.15) is 28.9 Å². The maximum absolute atomic E-state index is 12.0. The molecule has 0 fully saturated rings. The van der Waals surface area contributed by atoms with Gasteiger partial charge in [0.15, 0.2) is 5.78 Å². The van der Waals surface area contributed by atoms with Crippen LogP contribution in [-0.4, -0.2) is 16.7 Å². The van der Waals surface area contributed by atoms with Crippen molar-refractivity contribution in [3.63, 3.8) is 0 Å². The summed E-state index contributed by atoms with van der Waals surface area (Å²) in [6.07, 6.45) is 3.06. The number of thiophene rings is 1. The van der Waals surface area contributed by atoms with E-state index >= 15 is 0 Å². The van der Waals surface area contributed by atoms with Gasteiger partial charge in [-0.25, -0.2) is 4.98 Å². The van der Waals surface area contributed by atoms with Crippen molar-refractivity contribution in [2.45, 2.75) is 19.3 Å². The number of benzene rings is 1. The Balaban J connectivity index is 1.46. The summed E-state index contributed by atoms with van der Waals surface area (Å²) in [5.41, 5.74) is 1.79. The average molecular weight is 356 g/mol. The first-order chi connectivity index (χ1) is 11.7. The summed E-state index contributed by atoms with van der Waals surface area (Å²) < 4.78 is 0. The van der Waals surface area contributed by atoms with Crippen LogP contribution in [0.2, 0.25) is 0 Å². The van der Waals surface area contributed by atoms with Crippen LogP contribution in [-0.2, 0) is 4.79 Å². The number of thiazole rings is 1. The molecule has 4 nitrogen and oxygen atoms in total. The topological polar surface area (TPSA) is 59.1 Å². The molecule has 2 heterocycles. The lowest BCUT2D eigenvalue weighted by Crippen LogP contribution is -2.11. The van der Waals surface area contributed by atoms with Gasteiger partial charge in [-0.1, -0.05) is 6.07 Å². The summed E-state index contributed by atoms with van der Waals surface area (Å²) in [6.45, 7) is 0. The van der Waals surface area contributed by atoms with Crippen molar-refractivity contribution in [2.24, 2.45) is 0 Å². The van der Waals surface area contributed by atoms with Gasteiger partial charge in [0.1, 0.15) is 5.01 Å². The van der Waals surface area contributed by atoms with Gasteiger partial charge >= 0.3 is 0 Å². The van der Waals surface area contributed by atoms with E-state index < -0.39 is 0 Å². The predicted octanol–water partition coefficient (Wildman–Crippen LogP) is 4.86. The molecule has 0 aliphatic heterocycles. The van der Waals surface area contributed by atoms with E-state index in [9.17, 15) is 9.59 Å². The largest absolute Gasteiger partial charge is 0.326 e. The molecule has 3 rings (SSSR count). The van der Waals surface area contributed by atoms with Gasteiger partial charge in [-0.15, -0.1) is 22.7 Å². The average Bonchev–Trinajstić information content (AvgIpc) is 3.29. The summed E-state index contributed by atoms with van der Waals surface area (Å²) in [7, 11) is 0. The van der Waals surface area contributed by atoms with Gasteiger partial charge in [0.2, 0.25) is 5.91 Å². The number of carbonyl (C=O) groups is 2. The number of hydrogen-bond acceptors (Lipinski definition) is 5. The molecule has 3 aromatic rings. The molecule has 0 aliphatic rings. The summed E-state index contributed by atoms with van der Waals surface area (Å²) in [5.74, 6) is 0.0292. The van der Waals surface area contributed by atoms with Crippen LogP contribution in [0, 0.1) is 0 Å². The fourth-order valence-electron chi connectivity index (χ4n) is 2.26. The van der Waals surface area contributed by atoms with E-state index in [0.717, 1.165) is 21.1 Å². The minimum atomic E-state index is -0.0732. The fourth-order valence-corrected chi connectivity index (χ4v) is 3.59. The second-order valence-corrected chi connectivity index (χ2v) is 7.06. The van der Waals surface area contributed by atoms with Crippen LogP contribution in [0.3, 0.4) is 0 Å². The van der Waals surface area contributed by atoms with Crippen LogP contribution in [0.4, 0.5) is 5.69 Å². The SMILES string of the molecule is O=C(CCCC(=O)c1cccs1)Nc1ccc(-c2nccs2)cc1. The molecule has 1 N–H and O–H groups in total. The smallest absolute Gasteiger partial charge is 0.224 e. The first kappa shape index (κ1) is 16.5. The number of carbonyl (C=O) groups excluding carboxylic acids is 2. The third-order valence-corrected chi connectivity index (χ3v) is 5.18. The van der Waals surface area contributed by atoms with E-state index in [2.05, 4.69) is 10.3 Å². The molecule has 0 radical (unpaired) electrons. The highest BCUT2D eigenvalue weighted by Gasteiger charge is 2.09. The van der Waals surface area contributed by atoms with E-state index in [-0.39, 0.29) is 11.7 Å². The minimum absolute atomic E-state index is 0.0732. The van der Waals surface area contributed by atoms with Crippen molar-refractivity contribution in [2.75, 3.05) is 5.32 Å². The molecule has 6 heteroatoms. The number of Topliss-reactive ketones (excluding diaryl/α,β-unsaturated/α-hetero) is 1. The number of ketones is 1. The van der Waals surface area contributed by atoms with E-state index in [4.69, 9.17) is 0 Å². The summed E-state index contributed by atoms with van der Waals surface area (Å²) in [6, 6.07) is 11.3. The Kier molecular flexibility index (Phi) is 5.51. The molecule has 1 aromatic carbocycles. The monoisotopic (exact) mass is 356 g/mol. The highest BCUT2D eigenvalue weighted by atomic mass is 32.1. The molecule has 1 amide bonds. The predicted molar refractivity (Wildman–Crippen MR) is 98.7 cm³/mol. The van der Waals surface area contributed by atoms with Crippen molar-refractivity contribution in [3.8, 4) is 10.6 Å². The Morgan fingerprint density at radius 1 is 1.00 bits per heavy atom. The molecule has 0 spiro atoms. The second-order valence-electron chi connectivity index (χ2n) is 5.22. The quantitative estimate of drug-likeness (QED) is 0.615. The van der Waals surface area contributed by atoms with E-state index in [1.807, 2.05) is 47.2 Å². The lowest BCUT2D eigenvalue weighted by atomic mass is 10.1. The molecule has 2 aromatic heterocycles. The van der Waals surface area contributed by atoms with Gasteiger partial charge in [-0.2, -0.15) is 0 Å². The van der Waals surface area contributed by atoms with Crippen LogP contribution < -0.4 is 5.32 Å². The third-order valence-electron chi connectivity index (χ3n) is 3.45. The number of aromatic nitrogens is 1. The van der Waals surface area contributed by atoms with Gasteiger partial charge in [0.05, 0.1) is 4.88 Å². The molecule has 0 atom stereocenters. The zero-order chi connectivity index (χ0) is 16.8. The number of nitrogens with zero attached hydrogens (tertiary/aromatic N) is 1. The molecule has 0 unspecified atom stereocenters. The lowest BCUT2D eigenvalue weighted by molar-refractivity contribution is -0.116. The summed E-state index contributed by atoms with van der Waals surface area (Å²) in [4.78, 5) is 28.8. The van der Waals surface area contributed by atoms with Crippen molar-refractivity contribution in [1.82, 2.24) is 4.98 Å². The number of hydrogen-bond donors (Lipinski definition) is 1. The Hall–Kier alpha value is -2.31. The van der Waals surface area contributed by atoms with Gasteiger partial charge in [0, 0.05) is 35.7 Å². The Morgan fingerprint density at radius 2 is 1.83 bits per heavy atom. The van der Waals surface area contributed by atoms with Crippen LogP contribution in [0.5, 0.6) is 0 Å². The van der Waals surface area contributed by atoms with Crippen LogP contribution in [0.15, 0.2) is 53.4 Å². The van der Waals surface area contributed by atoms with Crippen molar-refractivity contribution < 1.29 is 9.59 Å². The van der Waals surface area contributed by atoms with Gasteiger partial charge in [-0.3, -0.25) is 9.59 Å². The maximum Gasteiger partial charge on any atom is 0.224 e. The highest BCUT2D eigenvalue weighted by molar-refractivity contribution is 7.13. The van der Waals surface area contributed by atoms with E-state index in [0.29, 0.717) is 19.3 Å². The Morgan fingerprint density at radius 3 is 2.50 bits per heavy atom. The number of nitrogens with one attached hydrogen (secondary N) is 1. The van der Waals surface area contributed by atoms with Gasteiger partial charge in [-0.05, 0) is 42.1 Å². The number of rotatable bonds is 7. The molecular formula is C18H16N2O2S2. The molecule has 0 saturated carbocycles. The molecule has 0 bridgehead atoms. The molecule has 24 heavy (non-hydrogen) atoms. The summed E-state index contributed by atoms with van der Waals surface area (Å²) >= 11 is 3.02. The maximum atomic E-state index is 12.0. The minimum Gasteiger partial charge on any atom is -0.326 e. The third kappa shape index (κ3) is 4.37. The van der Waals surface area contributed by atoms with Crippen molar-refractivity contribution >= 4 is 40.1 Å². The van der Waals surface area contributed by atoms with Gasteiger partial charge < -0.3 is 5.32 Å². The Labute approximate surface area is 148 Å². The van der Waals surface area contributed by atoms with Crippen LogP contribution in [0.25, 0.3) is 10.6 Å². The first-order valence-corrected chi connectivity index (χ1v) is 9.35. The fraction of sp³-hybridized carbons (Fsp3) is 0.167. The summed E-state index contributed by atoms with van der Waals surface area (Å²) in [5, 5.41) is 7.63. The number of anilines is 1. The normalized spacial score (nSPS) is 10.5.